The number of rotatable bonds is 1. The van der Waals surface area contributed by atoms with E-state index in [1.807, 2.05) is 24.5 Å². The first-order valence-corrected chi connectivity index (χ1v) is 4.40. The Labute approximate surface area is 82.4 Å². The number of nitrogen functional groups attached to an aromatic ring is 1. The summed E-state index contributed by atoms with van der Waals surface area (Å²) in [7, 11) is 0. The first-order chi connectivity index (χ1) is 6.68. The van der Waals surface area contributed by atoms with Crippen LogP contribution in [0.15, 0.2) is 24.8 Å². The number of anilines is 1. The molecular weight excluding hydrogens is 176 g/mol. The molecule has 1 aromatic heterocycles. The van der Waals surface area contributed by atoms with Crippen molar-refractivity contribution in [3.63, 3.8) is 0 Å². The quantitative estimate of drug-likeness (QED) is 0.689. The van der Waals surface area contributed by atoms with E-state index in [1.165, 1.54) is 5.56 Å². The third kappa shape index (κ3) is 1.35. The molecule has 0 radical (unpaired) electrons. The van der Waals surface area contributed by atoms with Crippen LogP contribution in [0.2, 0.25) is 0 Å². The minimum Gasteiger partial charge on any atom is -0.398 e. The molecule has 72 valence electrons. The van der Waals surface area contributed by atoms with Gasteiger partial charge in [-0.05, 0) is 37.1 Å². The van der Waals surface area contributed by atoms with Gasteiger partial charge < -0.3 is 5.73 Å². The second-order valence-electron chi connectivity index (χ2n) is 3.35. The Morgan fingerprint density at radius 2 is 1.79 bits per heavy atom. The smallest absolute Gasteiger partial charge is 0.123 e. The summed E-state index contributed by atoms with van der Waals surface area (Å²) in [5.41, 5.74) is 9.97. The fourth-order valence-electron chi connectivity index (χ4n) is 1.35. The van der Waals surface area contributed by atoms with E-state index in [0.717, 1.165) is 16.9 Å². The van der Waals surface area contributed by atoms with Crippen molar-refractivity contribution in [3.05, 3.63) is 35.9 Å². The van der Waals surface area contributed by atoms with Gasteiger partial charge in [-0.15, -0.1) is 10.2 Å². The van der Waals surface area contributed by atoms with Crippen LogP contribution >= 0.6 is 0 Å². The van der Waals surface area contributed by atoms with Crippen molar-refractivity contribution in [3.8, 4) is 5.69 Å². The van der Waals surface area contributed by atoms with Crippen molar-refractivity contribution in [1.29, 1.82) is 0 Å². The van der Waals surface area contributed by atoms with Crippen LogP contribution in [0.3, 0.4) is 0 Å². The number of hydrogen-bond donors (Lipinski definition) is 1. The molecule has 0 fully saturated rings. The molecule has 4 heteroatoms. The van der Waals surface area contributed by atoms with Crippen LogP contribution in [-0.4, -0.2) is 14.8 Å². The van der Waals surface area contributed by atoms with E-state index in [2.05, 4.69) is 16.3 Å². The highest BCUT2D eigenvalue weighted by atomic mass is 15.2. The van der Waals surface area contributed by atoms with E-state index in [-0.39, 0.29) is 0 Å². The third-order valence-corrected chi connectivity index (χ3v) is 2.41. The van der Waals surface area contributed by atoms with Gasteiger partial charge in [0.2, 0.25) is 0 Å². The first-order valence-electron chi connectivity index (χ1n) is 4.40. The molecule has 4 nitrogen and oxygen atoms in total. The maximum Gasteiger partial charge on any atom is 0.123 e. The lowest BCUT2D eigenvalue weighted by molar-refractivity contribution is 1.05. The minimum atomic E-state index is 0.800. The zero-order valence-electron chi connectivity index (χ0n) is 8.23. The highest BCUT2D eigenvalue weighted by Gasteiger charge is 2.02. The molecule has 0 aliphatic heterocycles. The number of aromatic nitrogens is 3. The number of nitrogens with two attached hydrogens (primary N) is 1. The Bertz CT molecular complexity index is 422. The van der Waals surface area contributed by atoms with Crippen molar-refractivity contribution in [2.75, 3.05) is 5.73 Å². The van der Waals surface area contributed by atoms with Crippen molar-refractivity contribution in [2.45, 2.75) is 13.8 Å². The van der Waals surface area contributed by atoms with Crippen LogP contribution in [0.5, 0.6) is 0 Å². The molecule has 1 aromatic carbocycles. The Morgan fingerprint density at radius 3 is 2.36 bits per heavy atom. The van der Waals surface area contributed by atoms with Gasteiger partial charge in [0.1, 0.15) is 12.7 Å². The number of hydrogen-bond acceptors (Lipinski definition) is 3. The average molecular weight is 188 g/mol. The summed E-state index contributed by atoms with van der Waals surface area (Å²) in [6.07, 6.45) is 3.31. The third-order valence-electron chi connectivity index (χ3n) is 2.41. The Hall–Kier alpha value is -1.84. The van der Waals surface area contributed by atoms with Crippen molar-refractivity contribution >= 4 is 5.69 Å². The van der Waals surface area contributed by atoms with Gasteiger partial charge in [-0.3, -0.25) is 4.57 Å². The average Bonchev–Trinajstić information content (AvgIpc) is 2.66. The molecule has 0 atom stereocenters. The molecule has 0 aliphatic rings. The van der Waals surface area contributed by atoms with Crippen LogP contribution in [0.1, 0.15) is 11.1 Å². The van der Waals surface area contributed by atoms with Crippen molar-refractivity contribution in [2.24, 2.45) is 0 Å². The van der Waals surface area contributed by atoms with E-state index >= 15 is 0 Å². The number of nitrogens with zero attached hydrogens (tertiary/aromatic N) is 3. The van der Waals surface area contributed by atoms with E-state index in [9.17, 15) is 0 Å². The molecule has 0 saturated heterocycles. The summed E-state index contributed by atoms with van der Waals surface area (Å²) in [6.45, 7) is 4.06. The Balaban J connectivity index is 2.57. The first kappa shape index (κ1) is 8.74. The molecule has 2 rings (SSSR count). The van der Waals surface area contributed by atoms with Crippen LogP contribution < -0.4 is 5.73 Å². The number of benzene rings is 1. The van der Waals surface area contributed by atoms with E-state index in [4.69, 9.17) is 5.73 Å². The predicted octanol–water partition coefficient (Wildman–Crippen LogP) is 1.47. The molecule has 0 unspecified atom stereocenters. The summed E-state index contributed by atoms with van der Waals surface area (Å²) >= 11 is 0. The second kappa shape index (κ2) is 3.14. The lowest BCUT2D eigenvalue weighted by atomic mass is 10.1. The number of aryl methyl sites for hydroxylation is 1. The highest BCUT2D eigenvalue weighted by Crippen LogP contribution is 2.20. The van der Waals surface area contributed by atoms with Crippen LogP contribution in [0.4, 0.5) is 5.69 Å². The van der Waals surface area contributed by atoms with Gasteiger partial charge >= 0.3 is 0 Å². The molecule has 1 heterocycles. The summed E-state index contributed by atoms with van der Waals surface area (Å²) in [4.78, 5) is 0. The summed E-state index contributed by atoms with van der Waals surface area (Å²) in [5.74, 6) is 0. The predicted molar refractivity (Wildman–Crippen MR) is 55.2 cm³/mol. The largest absolute Gasteiger partial charge is 0.398 e. The fraction of sp³-hybridized carbons (Fsp3) is 0.200. The highest BCUT2D eigenvalue weighted by molar-refractivity contribution is 5.56. The Morgan fingerprint density at radius 1 is 1.14 bits per heavy atom. The van der Waals surface area contributed by atoms with Crippen molar-refractivity contribution < 1.29 is 0 Å². The maximum absolute atomic E-state index is 5.87. The molecule has 2 N–H and O–H groups in total. The van der Waals surface area contributed by atoms with Gasteiger partial charge in [-0.2, -0.15) is 0 Å². The van der Waals surface area contributed by atoms with E-state index < -0.39 is 0 Å². The van der Waals surface area contributed by atoms with Crippen LogP contribution in [0.25, 0.3) is 5.69 Å². The monoisotopic (exact) mass is 188 g/mol. The summed E-state index contributed by atoms with van der Waals surface area (Å²) in [6, 6.07) is 3.99. The zero-order chi connectivity index (χ0) is 10.1. The fourth-order valence-corrected chi connectivity index (χ4v) is 1.35. The summed E-state index contributed by atoms with van der Waals surface area (Å²) in [5, 5.41) is 7.50. The lowest BCUT2D eigenvalue weighted by Gasteiger charge is -2.08. The van der Waals surface area contributed by atoms with Crippen molar-refractivity contribution in [1.82, 2.24) is 14.8 Å². The van der Waals surface area contributed by atoms with E-state index in [1.54, 1.807) is 12.7 Å². The van der Waals surface area contributed by atoms with Gasteiger partial charge in [0.25, 0.3) is 0 Å². The van der Waals surface area contributed by atoms with E-state index in [0.29, 0.717) is 0 Å². The van der Waals surface area contributed by atoms with Gasteiger partial charge in [0, 0.05) is 5.69 Å². The Kier molecular flexibility index (Phi) is 1.96. The molecular formula is C10H12N4. The van der Waals surface area contributed by atoms with Gasteiger partial charge in [0.15, 0.2) is 0 Å². The van der Waals surface area contributed by atoms with Crippen LogP contribution in [-0.2, 0) is 0 Å². The van der Waals surface area contributed by atoms with Gasteiger partial charge in [-0.25, -0.2) is 0 Å². The maximum atomic E-state index is 5.87. The molecule has 14 heavy (non-hydrogen) atoms. The molecule has 0 saturated carbocycles. The van der Waals surface area contributed by atoms with Gasteiger partial charge in [0.05, 0.1) is 5.69 Å². The second-order valence-corrected chi connectivity index (χ2v) is 3.35. The lowest BCUT2D eigenvalue weighted by Crippen LogP contribution is -1.97. The molecule has 0 spiro atoms. The minimum absolute atomic E-state index is 0.800. The summed E-state index contributed by atoms with van der Waals surface area (Å²) < 4.78 is 1.84. The van der Waals surface area contributed by atoms with Crippen LogP contribution in [0, 0.1) is 13.8 Å². The topological polar surface area (TPSA) is 56.7 Å². The SMILES string of the molecule is Cc1cc(-n2cnnc2)cc(N)c1C. The zero-order valence-corrected chi connectivity index (χ0v) is 8.23. The standard InChI is InChI=1S/C10H12N4/c1-7-3-9(4-10(11)8(7)2)14-5-12-13-6-14/h3-6H,11H2,1-2H3. The molecule has 0 amide bonds. The van der Waals surface area contributed by atoms with Gasteiger partial charge in [-0.1, -0.05) is 0 Å². The molecule has 2 aromatic rings. The molecule has 0 aliphatic carbocycles. The molecule has 0 bridgehead atoms. The normalized spacial score (nSPS) is 10.4.